The van der Waals surface area contributed by atoms with Crippen LogP contribution in [0.5, 0.6) is 0 Å². The van der Waals surface area contributed by atoms with E-state index in [0.717, 1.165) is 12.8 Å². The first-order valence-electron chi connectivity index (χ1n) is 6.51. The molecule has 1 rings (SSSR count). The van der Waals surface area contributed by atoms with Crippen molar-refractivity contribution in [2.75, 3.05) is 13.7 Å². The Kier molecular flexibility index (Phi) is 6.44. The van der Waals surface area contributed by atoms with E-state index in [9.17, 15) is 4.79 Å². The first-order valence-corrected chi connectivity index (χ1v) is 6.51. The summed E-state index contributed by atoms with van der Waals surface area (Å²) >= 11 is 0. The SMILES string of the molecule is CCc1ccc(CCC(=O)N[C@H](C)COC)cc1. The fourth-order valence-electron chi connectivity index (χ4n) is 1.84. The number of ether oxygens (including phenoxy) is 1. The zero-order chi connectivity index (χ0) is 13.4. The maximum absolute atomic E-state index is 11.7. The molecule has 1 aromatic carbocycles. The second-order valence-corrected chi connectivity index (χ2v) is 4.59. The van der Waals surface area contributed by atoms with E-state index in [1.165, 1.54) is 11.1 Å². The van der Waals surface area contributed by atoms with Gasteiger partial charge in [-0.05, 0) is 30.9 Å². The van der Waals surface area contributed by atoms with E-state index in [1.54, 1.807) is 7.11 Å². The smallest absolute Gasteiger partial charge is 0.220 e. The van der Waals surface area contributed by atoms with Gasteiger partial charge in [0.2, 0.25) is 5.91 Å². The summed E-state index contributed by atoms with van der Waals surface area (Å²) in [6.07, 6.45) is 2.37. The highest BCUT2D eigenvalue weighted by atomic mass is 16.5. The third-order valence-electron chi connectivity index (χ3n) is 2.90. The fraction of sp³-hybridized carbons (Fsp3) is 0.533. The number of hydrogen-bond acceptors (Lipinski definition) is 2. The monoisotopic (exact) mass is 249 g/mol. The summed E-state index contributed by atoms with van der Waals surface area (Å²) < 4.78 is 4.98. The summed E-state index contributed by atoms with van der Waals surface area (Å²) in [6.45, 7) is 4.63. The van der Waals surface area contributed by atoms with Gasteiger partial charge in [0.05, 0.1) is 6.61 Å². The van der Waals surface area contributed by atoms with E-state index in [0.29, 0.717) is 13.0 Å². The van der Waals surface area contributed by atoms with Gasteiger partial charge in [-0.3, -0.25) is 4.79 Å². The van der Waals surface area contributed by atoms with Crippen LogP contribution in [0, 0.1) is 0 Å². The van der Waals surface area contributed by atoms with Crippen LogP contribution in [-0.2, 0) is 22.4 Å². The number of carbonyl (C=O) groups is 1. The van der Waals surface area contributed by atoms with Gasteiger partial charge in [-0.2, -0.15) is 0 Å². The minimum Gasteiger partial charge on any atom is -0.383 e. The molecule has 0 aliphatic rings. The summed E-state index contributed by atoms with van der Waals surface area (Å²) in [4.78, 5) is 11.7. The van der Waals surface area contributed by atoms with Gasteiger partial charge in [-0.1, -0.05) is 31.2 Å². The second-order valence-electron chi connectivity index (χ2n) is 4.59. The molecule has 0 heterocycles. The summed E-state index contributed by atoms with van der Waals surface area (Å²) in [5.74, 6) is 0.0825. The maximum Gasteiger partial charge on any atom is 0.220 e. The minimum atomic E-state index is 0.0740. The van der Waals surface area contributed by atoms with E-state index in [-0.39, 0.29) is 11.9 Å². The number of amides is 1. The van der Waals surface area contributed by atoms with Crippen molar-refractivity contribution in [1.29, 1.82) is 0 Å². The molecule has 0 saturated carbocycles. The van der Waals surface area contributed by atoms with Crippen LogP contribution in [0.25, 0.3) is 0 Å². The molecule has 0 fully saturated rings. The lowest BCUT2D eigenvalue weighted by Gasteiger charge is -2.12. The highest BCUT2D eigenvalue weighted by molar-refractivity contribution is 5.76. The molecule has 0 radical (unpaired) electrons. The zero-order valence-corrected chi connectivity index (χ0v) is 11.5. The summed E-state index contributed by atoms with van der Waals surface area (Å²) in [5.41, 5.74) is 2.54. The molecule has 1 N–H and O–H groups in total. The quantitative estimate of drug-likeness (QED) is 0.805. The molecule has 1 amide bonds. The summed E-state index contributed by atoms with van der Waals surface area (Å²) in [5, 5.41) is 2.91. The van der Waals surface area contributed by atoms with Crippen LogP contribution in [-0.4, -0.2) is 25.7 Å². The van der Waals surface area contributed by atoms with Crippen LogP contribution in [0.15, 0.2) is 24.3 Å². The van der Waals surface area contributed by atoms with Crippen LogP contribution in [0.1, 0.15) is 31.4 Å². The first-order chi connectivity index (χ1) is 8.65. The Morgan fingerprint density at radius 1 is 1.28 bits per heavy atom. The molecular weight excluding hydrogens is 226 g/mol. The van der Waals surface area contributed by atoms with Crippen molar-refractivity contribution >= 4 is 5.91 Å². The first kappa shape index (κ1) is 14.7. The highest BCUT2D eigenvalue weighted by Gasteiger charge is 2.06. The van der Waals surface area contributed by atoms with Gasteiger partial charge < -0.3 is 10.1 Å². The van der Waals surface area contributed by atoms with Crippen molar-refractivity contribution in [3.05, 3.63) is 35.4 Å². The second kappa shape index (κ2) is 7.88. The predicted octanol–water partition coefficient (Wildman–Crippen LogP) is 2.33. The lowest BCUT2D eigenvalue weighted by atomic mass is 10.1. The number of rotatable bonds is 7. The molecule has 1 atom stereocenters. The third-order valence-corrected chi connectivity index (χ3v) is 2.90. The van der Waals surface area contributed by atoms with Gasteiger partial charge in [-0.15, -0.1) is 0 Å². The van der Waals surface area contributed by atoms with E-state index in [1.807, 2.05) is 6.92 Å². The van der Waals surface area contributed by atoms with E-state index in [4.69, 9.17) is 4.74 Å². The molecular formula is C15H23NO2. The maximum atomic E-state index is 11.7. The van der Waals surface area contributed by atoms with Gasteiger partial charge in [-0.25, -0.2) is 0 Å². The molecule has 0 aliphatic heterocycles. The third kappa shape index (κ3) is 5.32. The highest BCUT2D eigenvalue weighted by Crippen LogP contribution is 2.07. The summed E-state index contributed by atoms with van der Waals surface area (Å²) in [7, 11) is 1.64. The number of benzene rings is 1. The molecule has 1 aromatic rings. The van der Waals surface area contributed by atoms with E-state index >= 15 is 0 Å². The summed E-state index contributed by atoms with van der Waals surface area (Å²) in [6, 6.07) is 8.53. The number of nitrogens with one attached hydrogen (secondary N) is 1. The number of aryl methyl sites for hydroxylation is 2. The van der Waals surface area contributed by atoms with Crippen molar-refractivity contribution < 1.29 is 9.53 Å². The standard InChI is InChI=1S/C15H23NO2/c1-4-13-5-7-14(8-6-13)9-10-15(17)16-12(2)11-18-3/h5-8,12H,4,9-11H2,1-3H3,(H,16,17)/t12-/m1/s1. The Morgan fingerprint density at radius 3 is 2.44 bits per heavy atom. The molecule has 0 saturated heterocycles. The van der Waals surface area contributed by atoms with Gasteiger partial charge in [0.1, 0.15) is 0 Å². The topological polar surface area (TPSA) is 38.3 Å². The van der Waals surface area contributed by atoms with Crippen molar-refractivity contribution in [1.82, 2.24) is 5.32 Å². The average Bonchev–Trinajstić information content (AvgIpc) is 2.37. The molecule has 0 aliphatic carbocycles. The Labute approximate surface area is 110 Å². The number of carbonyl (C=O) groups excluding carboxylic acids is 1. The Hall–Kier alpha value is -1.35. The Morgan fingerprint density at radius 2 is 1.89 bits per heavy atom. The van der Waals surface area contributed by atoms with Crippen LogP contribution in [0.2, 0.25) is 0 Å². The molecule has 3 nitrogen and oxygen atoms in total. The minimum absolute atomic E-state index is 0.0740. The molecule has 3 heteroatoms. The van der Waals surface area contributed by atoms with Gasteiger partial charge in [0.25, 0.3) is 0 Å². The Balaban J connectivity index is 2.33. The number of hydrogen-bond donors (Lipinski definition) is 1. The fourth-order valence-corrected chi connectivity index (χ4v) is 1.84. The zero-order valence-electron chi connectivity index (χ0n) is 11.5. The van der Waals surface area contributed by atoms with E-state index < -0.39 is 0 Å². The molecule has 0 unspecified atom stereocenters. The van der Waals surface area contributed by atoms with Crippen molar-refractivity contribution in [3.63, 3.8) is 0 Å². The van der Waals surface area contributed by atoms with Crippen LogP contribution < -0.4 is 5.32 Å². The van der Waals surface area contributed by atoms with Crippen LogP contribution in [0.3, 0.4) is 0 Å². The molecule has 0 spiro atoms. The lowest BCUT2D eigenvalue weighted by Crippen LogP contribution is -2.35. The van der Waals surface area contributed by atoms with Gasteiger partial charge in [0.15, 0.2) is 0 Å². The van der Waals surface area contributed by atoms with Crippen molar-refractivity contribution in [2.45, 2.75) is 39.2 Å². The normalized spacial score (nSPS) is 12.2. The predicted molar refractivity (Wildman–Crippen MR) is 73.6 cm³/mol. The van der Waals surface area contributed by atoms with Gasteiger partial charge >= 0.3 is 0 Å². The molecule has 18 heavy (non-hydrogen) atoms. The van der Waals surface area contributed by atoms with Crippen molar-refractivity contribution in [2.24, 2.45) is 0 Å². The average molecular weight is 249 g/mol. The Bertz CT molecular complexity index is 359. The largest absolute Gasteiger partial charge is 0.383 e. The molecule has 100 valence electrons. The molecule has 0 bridgehead atoms. The van der Waals surface area contributed by atoms with Crippen molar-refractivity contribution in [3.8, 4) is 0 Å². The number of methoxy groups -OCH3 is 1. The molecule has 0 aromatic heterocycles. The van der Waals surface area contributed by atoms with Gasteiger partial charge in [0, 0.05) is 19.6 Å². The van der Waals surface area contributed by atoms with Crippen LogP contribution in [0.4, 0.5) is 0 Å². The lowest BCUT2D eigenvalue weighted by molar-refractivity contribution is -0.122. The van der Waals surface area contributed by atoms with E-state index in [2.05, 4.69) is 36.5 Å². The van der Waals surface area contributed by atoms with Crippen LogP contribution >= 0.6 is 0 Å².